The van der Waals surface area contributed by atoms with E-state index in [4.69, 9.17) is 14.2 Å². The van der Waals surface area contributed by atoms with Crippen molar-refractivity contribution in [2.75, 3.05) is 13.7 Å². The summed E-state index contributed by atoms with van der Waals surface area (Å²) >= 11 is 0. The Balaban J connectivity index is 2.02. The van der Waals surface area contributed by atoms with Crippen molar-refractivity contribution in [2.45, 2.75) is 84.3 Å². The molecule has 2 aliphatic carbocycles. The lowest BCUT2D eigenvalue weighted by atomic mass is 9.46. The van der Waals surface area contributed by atoms with Gasteiger partial charge < -0.3 is 14.2 Å². The van der Waals surface area contributed by atoms with E-state index in [0.29, 0.717) is 0 Å². The van der Waals surface area contributed by atoms with Gasteiger partial charge >= 0.3 is 11.9 Å². The molecule has 3 aliphatic rings. The lowest BCUT2D eigenvalue weighted by molar-refractivity contribution is -0.202. The molecule has 0 aromatic carbocycles. The molecule has 1 saturated heterocycles. The number of hydrogen-bond acceptors (Lipinski definition) is 6. The third-order valence-corrected chi connectivity index (χ3v) is 7.76. The number of carbonyl (C=O) groups excluding carboxylic acids is 3. The highest BCUT2D eigenvalue weighted by atomic mass is 16.5. The normalized spacial score (nSPS) is 41.7. The Labute approximate surface area is 173 Å². The van der Waals surface area contributed by atoms with E-state index in [-0.39, 0.29) is 36.7 Å². The quantitative estimate of drug-likeness (QED) is 0.662. The van der Waals surface area contributed by atoms with Gasteiger partial charge in [-0.25, -0.2) is 0 Å². The summed E-state index contributed by atoms with van der Waals surface area (Å²) in [5, 5.41) is 0. The molecule has 29 heavy (non-hydrogen) atoms. The number of esters is 2. The first-order valence-corrected chi connectivity index (χ1v) is 10.5. The maximum atomic E-state index is 13.3. The predicted octanol–water partition coefficient (Wildman–Crippen LogP) is 3.76. The van der Waals surface area contributed by atoms with Crippen LogP contribution in [0.15, 0.2) is 11.6 Å². The summed E-state index contributed by atoms with van der Waals surface area (Å²) in [5.41, 5.74) is -1.16. The van der Waals surface area contributed by atoms with Gasteiger partial charge in [0.15, 0.2) is 5.78 Å². The molecule has 162 valence electrons. The number of ether oxygens (including phenoxy) is 3. The molecule has 0 N–H and O–H groups in total. The van der Waals surface area contributed by atoms with E-state index in [1.165, 1.54) is 14.0 Å². The summed E-state index contributed by atoms with van der Waals surface area (Å²) in [6.45, 7) is 9.78. The molecule has 0 aromatic rings. The van der Waals surface area contributed by atoms with Gasteiger partial charge in [-0.15, -0.1) is 0 Å². The fourth-order valence-electron chi connectivity index (χ4n) is 6.44. The minimum Gasteiger partial charge on any atom is -0.469 e. The maximum Gasteiger partial charge on any atom is 0.308 e. The average molecular weight is 407 g/mol. The summed E-state index contributed by atoms with van der Waals surface area (Å²) in [6, 6.07) is 0. The monoisotopic (exact) mass is 406 g/mol. The highest BCUT2D eigenvalue weighted by Crippen LogP contribution is 2.65. The minimum atomic E-state index is -0.625. The zero-order valence-electron chi connectivity index (χ0n) is 18.6. The molecule has 6 nitrogen and oxygen atoms in total. The number of carbonyl (C=O) groups is 3. The van der Waals surface area contributed by atoms with Crippen LogP contribution in [-0.4, -0.2) is 42.6 Å². The Bertz CT molecular complexity index is 756. The van der Waals surface area contributed by atoms with Crippen LogP contribution in [-0.2, 0) is 28.6 Å². The zero-order chi connectivity index (χ0) is 21.7. The third kappa shape index (κ3) is 3.43. The van der Waals surface area contributed by atoms with Crippen molar-refractivity contribution in [3.63, 3.8) is 0 Å². The van der Waals surface area contributed by atoms with E-state index >= 15 is 0 Å². The average Bonchev–Trinajstić information content (AvgIpc) is 2.98. The first-order chi connectivity index (χ1) is 13.4. The van der Waals surface area contributed by atoms with Gasteiger partial charge in [0, 0.05) is 23.7 Å². The molecule has 5 atom stereocenters. The van der Waals surface area contributed by atoms with E-state index in [1.54, 1.807) is 6.08 Å². The van der Waals surface area contributed by atoms with Gasteiger partial charge in [0.1, 0.15) is 0 Å². The van der Waals surface area contributed by atoms with Crippen molar-refractivity contribution < 1.29 is 28.6 Å². The van der Waals surface area contributed by atoms with Crippen LogP contribution in [0.1, 0.15) is 73.1 Å². The molecule has 0 unspecified atom stereocenters. The van der Waals surface area contributed by atoms with Gasteiger partial charge in [-0.2, -0.15) is 0 Å². The topological polar surface area (TPSA) is 78.9 Å². The summed E-state index contributed by atoms with van der Waals surface area (Å²) < 4.78 is 17.1. The lowest BCUT2D eigenvalue weighted by Gasteiger charge is -2.60. The standard InChI is InChI=1S/C23H34O6/c1-15-12-17(25)19-20(3,14-28-16(2)24)8-7-9-22(19,5)23(15)11-10-21(4,29-23)13-18(26)27-6/h12,19H,7-11,13-14H2,1-6H3/t19-,20-,21-,22-,23+/m0/s1. The Hall–Kier alpha value is -1.69. The Morgan fingerprint density at radius 3 is 2.48 bits per heavy atom. The molecule has 1 aliphatic heterocycles. The Morgan fingerprint density at radius 2 is 1.86 bits per heavy atom. The zero-order valence-corrected chi connectivity index (χ0v) is 18.6. The van der Waals surface area contributed by atoms with Gasteiger partial charge in [-0.05, 0) is 51.2 Å². The van der Waals surface area contributed by atoms with Crippen LogP contribution in [0.4, 0.5) is 0 Å². The first-order valence-electron chi connectivity index (χ1n) is 10.5. The van der Waals surface area contributed by atoms with Crippen molar-refractivity contribution in [2.24, 2.45) is 16.7 Å². The molecule has 6 heteroatoms. The number of methoxy groups -OCH3 is 1. The van der Waals surface area contributed by atoms with Crippen LogP contribution in [0, 0.1) is 16.7 Å². The SMILES string of the molecule is COC(=O)C[C@]1(C)CC[C@@]2(O1)C(C)=CC(=O)[C@H]1[C@](C)(COC(C)=O)CCC[C@@]12C. The van der Waals surface area contributed by atoms with E-state index in [0.717, 1.165) is 37.7 Å². The van der Waals surface area contributed by atoms with E-state index in [1.807, 2.05) is 13.8 Å². The van der Waals surface area contributed by atoms with Crippen molar-refractivity contribution in [3.8, 4) is 0 Å². The summed E-state index contributed by atoms with van der Waals surface area (Å²) in [6.07, 6.45) is 6.03. The van der Waals surface area contributed by atoms with E-state index in [9.17, 15) is 14.4 Å². The van der Waals surface area contributed by atoms with Crippen LogP contribution < -0.4 is 0 Å². The highest BCUT2D eigenvalue weighted by molar-refractivity contribution is 5.95. The molecule has 1 spiro atoms. The predicted molar refractivity (Wildman–Crippen MR) is 107 cm³/mol. The number of hydrogen-bond donors (Lipinski definition) is 0. The van der Waals surface area contributed by atoms with Gasteiger partial charge in [0.05, 0.1) is 31.3 Å². The van der Waals surface area contributed by atoms with Crippen molar-refractivity contribution >= 4 is 17.7 Å². The summed E-state index contributed by atoms with van der Waals surface area (Å²) in [4.78, 5) is 36.7. The molecular formula is C23H34O6. The molecule has 1 heterocycles. The first kappa shape index (κ1) is 22.0. The van der Waals surface area contributed by atoms with Crippen molar-refractivity contribution in [1.29, 1.82) is 0 Å². The van der Waals surface area contributed by atoms with E-state index < -0.39 is 22.0 Å². The van der Waals surface area contributed by atoms with Crippen molar-refractivity contribution in [1.82, 2.24) is 0 Å². The van der Waals surface area contributed by atoms with Crippen LogP contribution in [0.3, 0.4) is 0 Å². The molecule has 3 rings (SSSR count). The second kappa shape index (κ2) is 7.22. The Morgan fingerprint density at radius 1 is 1.17 bits per heavy atom. The Kier molecular flexibility index (Phi) is 5.48. The molecule has 0 bridgehead atoms. The summed E-state index contributed by atoms with van der Waals surface area (Å²) in [5.74, 6) is -0.823. The maximum absolute atomic E-state index is 13.3. The smallest absolute Gasteiger partial charge is 0.308 e. The molecule has 2 fully saturated rings. The molecule has 1 saturated carbocycles. The van der Waals surface area contributed by atoms with Gasteiger partial charge in [0.2, 0.25) is 0 Å². The number of ketones is 1. The molecular weight excluding hydrogens is 372 g/mol. The van der Waals surface area contributed by atoms with Gasteiger partial charge in [0.25, 0.3) is 0 Å². The third-order valence-electron chi connectivity index (χ3n) is 7.76. The fraction of sp³-hybridized carbons (Fsp3) is 0.783. The molecule has 0 amide bonds. The van der Waals surface area contributed by atoms with Crippen LogP contribution in [0.2, 0.25) is 0 Å². The molecule has 0 radical (unpaired) electrons. The van der Waals surface area contributed by atoms with Gasteiger partial charge in [-0.3, -0.25) is 14.4 Å². The second-order valence-corrected chi connectivity index (χ2v) is 10.00. The van der Waals surface area contributed by atoms with Crippen molar-refractivity contribution in [3.05, 3.63) is 11.6 Å². The van der Waals surface area contributed by atoms with E-state index in [2.05, 4.69) is 13.8 Å². The number of allylic oxidation sites excluding steroid dienone is 1. The molecule has 0 aromatic heterocycles. The number of rotatable bonds is 4. The minimum absolute atomic E-state index is 0.0927. The fourth-order valence-corrected chi connectivity index (χ4v) is 6.44. The second-order valence-electron chi connectivity index (χ2n) is 10.00. The van der Waals surface area contributed by atoms with Crippen LogP contribution in [0.5, 0.6) is 0 Å². The van der Waals surface area contributed by atoms with Gasteiger partial charge in [-0.1, -0.05) is 20.3 Å². The highest BCUT2D eigenvalue weighted by Gasteiger charge is 2.67. The lowest BCUT2D eigenvalue weighted by Crippen LogP contribution is -2.63. The van der Waals surface area contributed by atoms with Crippen LogP contribution in [0.25, 0.3) is 0 Å². The summed E-state index contributed by atoms with van der Waals surface area (Å²) in [7, 11) is 1.39. The van der Waals surface area contributed by atoms with Crippen LogP contribution >= 0.6 is 0 Å². The number of fused-ring (bicyclic) bond motifs is 2. The largest absolute Gasteiger partial charge is 0.469 e.